The number of rotatable bonds is 9. The molecule has 0 saturated carbocycles. The third-order valence-electron chi connectivity index (χ3n) is 3.71. The SMILES string of the molecule is CCCOc1cc(NC(=O)c2cccc(C)c2)c([N+](=O)[O-])cc1OCCC. The molecule has 2 aromatic carbocycles. The van der Waals surface area contributed by atoms with Crippen molar-refractivity contribution < 1.29 is 19.2 Å². The zero-order chi connectivity index (χ0) is 19.8. The molecule has 0 aromatic heterocycles. The van der Waals surface area contributed by atoms with E-state index >= 15 is 0 Å². The van der Waals surface area contributed by atoms with Gasteiger partial charge in [0.25, 0.3) is 11.6 Å². The highest BCUT2D eigenvalue weighted by atomic mass is 16.6. The lowest BCUT2D eigenvalue weighted by Gasteiger charge is -2.14. The molecule has 0 atom stereocenters. The number of hydrogen-bond acceptors (Lipinski definition) is 5. The molecule has 0 unspecified atom stereocenters. The van der Waals surface area contributed by atoms with Crippen molar-refractivity contribution in [3.63, 3.8) is 0 Å². The first-order valence-electron chi connectivity index (χ1n) is 8.92. The maximum absolute atomic E-state index is 12.5. The van der Waals surface area contributed by atoms with E-state index < -0.39 is 10.8 Å². The van der Waals surface area contributed by atoms with Crippen molar-refractivity contribution in [3.8, 4) is 11.5 Å². The minimum atomic E-state index is -0.547. The molecule has 0 spiro atoms. The molecule has 144 valence electrons. The highest BCUT2D eigenvalue weighted by Gasteiger charge is 2.22. The van der Waals surface area contributed by atoms with Crippen LogP contribution in [-0.4, -0.2) is 24.0 Å². The predicted molar refractivity (Wildman–Crippen MR) is 104 cm³/mol. The van der Waals surface area contributed by atoms with E-state index in [-0.39, 0.29) is 11.4 Å². The Labute approximate surface area is 158 Å². The summed E-state index contributed by atoms with van der Waals surface area (Å²) in [6.07, 6.45) is 1.53. The van der Waals surface area contributed by atoms with Gasteiger partial charge in [0.1, 0.15) is 5.69 Å². The van der Waals surface area contributed by atoms with E-state index in [1.165, 1.54) is 12.1 Å². The van der Waals surface area contributed by atoms with Crippen molar-refractivity contribution in [2.24, 2.45) is 0 Å². The molecule has 2 aromatic rings. The Kier molecular flexibility index (Phi) is 7.16. The molecule has 0 heterocycles. The monoisotopic (exact) mass is 372 g/mol. The summed E-state index contributed by atoms with van der Waals surface area (Å²) >= 11 is 0. The molecule has 1 N–H and O–H groups in total. The zero-order valence-electron chi connectivity index (χ0n) is 15.8. The van der Waals surface area contributed by atoms with E-state index in [0.29, 0.717) is 30.3 Å². The van der Waals surface area contributed by atoms with Crippen LogP contribution in [0.2, 0.25) is 0 Å². The maximum Gasteiger partial charge on any atom is 0.296 e. The number of carbonyl (C=O) groups excluding carboxylic acids is 1. The minimum Gasteiger partial charge on any atom is -0.490 e. The Balaban J connectivity index is 2.40. The van der Waals surface area contributed by atoms with Crippen LogP contribution in [0.3, 0.4) is 0 Å². The fourth-order valence-electron chi connectivity index (χ4n) is 2.43. The van der Waals surface area contributed by atoms with E-state index in [0.717, 1.165) is 18.4 Å². The number of carbonyl (C=O) groups is 1. The highest BCUT2D eigenvalue weighted by molar-refractivity contribution is 6.05. The number of hydrogen-bond donors (Lipinski definition) is 1. The number of anilines is 1. The van der Waals surface area contributed by atoms with E-state index in [9.17, 15) is 14.9 Å². The number of amides is 1. The second-order valence-corrected chi connectivity index (χ2v) is 6.09. The number of benzene rings is 2. The Morgan fingerprint density at radius 3 is 2.26 bits per heavy atom. The quantitative estimate of drug-likeness (QED) is 0.507. The molecule has 0 bridgehead atoms. The van der Waals surface area contributed by atoms with Crippen molar-refractivity contribution in [1.29, 1.82) is 0 Å². The van der Waals surface area contributed by atoms with Crippen LogP contribution in [0, 0.1) is 17.0 Å². The fraction of sp³-hybridized carbons (Fsp3) is 0.350. The summed E-state index contributed by atoms with van der Waals surface area (Å²) < 4.78 is 11.3. The molecule has 0 aliphatic carbocycles. The van der Waals surface area contributed by atoms with Gasteiger partial charge in [-0.1, -0.05) is 31.5 Å². The fourth-order valence-corrected chi connectivity index (χ4v) is 2.43. The van der Waals surface area contributed by atoms with Crippen LogP contribution in [0.4, 0.5) is 11.4 Å². The number of aryl methyl sites for hydroxylation is 1. The summed E-state index contributed by atoms with van der Waals surface area (Å²) in [6.45, 7) is 6.62. The average molecular weight is 372 g/mol. The number of nitro groups is 1. The third kappa shape index (κ3) is 5.44. The topological polar surface area (TPSA) is 90.7 Å². The Hall–Kier alpha value is -3.09. The number of nitrogens with one attached hydrogen (secondary N) is 1. The van der Waals surface area contributed by atoms with Gasteiger partial charge in [0.2, 0.25) is 0 Å². The smallest absolute Gasteiger partial charge is 0.296 e. The standard InChI is InChI=1S/C20H24N2O5/c1-4-9-26-18-12-16(17(22(24)25)13-19(18)27-10-5-2)21-20(23)15-8-6-7-14(3)11-15/h6-8,11-13H,4-5,9-10H2,1-3H3,(H,21,23). The van der Waals surface area contributed by atoms with E-state index in [2.05, 4.69) is 5.32 Å². The largest absolute Gasteiger partial charge is 0.490 e. The molecule has 2 rings (SSSR count). The summed E-state index contributed by atoms with van der Waals surface area (Å²) in [6, 6.07) is 9.75. The van der Waals surface area contributed by atoms with Gasteiger partial charge >= 0.3 is 0 Å². The Bertz CT molecular complexity index is 820. The van der Waals surface area contributed by atoms with Crippen LogP contribution in [0.25, 0.3) is 0 Å². The van der Waals surface area contributed by atoms with Gasteiger partial charge in [-0.3, -0.25) is 14.9 Å². The second kappa shape index (κ2) is 9.56. The van der Waals surface area contributed by atoms with Crippen LogP contribution in [0.5, 0.6) is 11.5 Å². The summed E-state index contributed by atoms with van der Waals surface area (Å²) in [5.74, 6) is 0.242. The summed E-state index contributed by atoms with van der Waals surface area (Å²) in [7, 11) is 0. The van der Waals surface area contributed by atoms with Gasteiger partial charge in [-0.15, -0.1) is 0 Å². The summed E-state index contributed by atoms with van der Waals surface area (Å²) in [4.78, 5) is 23.5. The van der Waals surface area contributed by atoms with E-state index in [1.54, 1.807) is 18.2 Å². The molecule has 7 nitrogen and oxygen atoms in total. The number of ether oxygens (including phenoxy) is 2. The van der Waals surface area contributed by atoms with Crippen molar-refractivity contribution in [2.45, 2.75) is 33.6 Å². The molecule has 0 saturated heterocycles. The van der Waals surface area contributed by atoms with Crippen LogP contribution in [-0.2, 0) is 0 Å². The molecule has 0 aliphatic heterocycles. The highest BCUT2D eigenvalue weighted by Crippen LogP contribution is 2.38. The molecule has 0 fully saturated rings. The molecular weight excluding hydrogens is 348 g/mol. The van der Waals surface area contributed by atoms with Gasteiger partial charge in [0, 0.05) is 11.6 Å². The van der Waals surface area contributed by atoms with Gasteiger partial charge in [-0.2, -0.15) is 0 Å². The number of nitro benzene ring substituents is 1. The molecule has 27 heavy (non-hydrogen) atoms. The van der Waals surface area contributed by atoms with E-state index in [4.69, 9.17) is 9.47 Å². The first-order chi connectivity index (χ1) is 13.0. The van der Waals surface area contributed by atoms with Gasteiger partial charge in [0.05, 0.1) is 24.2 Å². The summed E-state index contributed by atoms with van der Waals surface area (Å²) in [5.41, 5.74) is 1.17. The minimum absolute atomic E-state index is 0.0708. The Morgan fingerprint density at radius 2 is 1.70 bits per heavy atom. The molecule has 7 heteroatoms. The molecule has 0 aliphatic rings. The van der Waals surface area contributed by atoms with E-state index in [1.807, 2.05) is 26.8 Å². The average Bonchev–Trinajstić information content (AvgIpc) is 2.65. The zero-order valence-corrected chi connectivity index (χ0v) is 15.8. The van der Waals surface area contributed by atoms with Crippen LogP contribution in [0.1, 0.15) is 42.6 Å². The van der Waals surface area contributed by atoms with Crippen LogP contribution >= 0.6 is 0 Å². The first kappa shape index (κ1) is 20.2. The molecule has 0 radical (unpaired) electrons. The lowest BCUT2D eigenvalue weighted by molar-refractivity contribution is -0.384. The lowest BCUT2D eigenvalue weighted by atomic mass is 10.1. The van der Waals surface area contributed by atoms with Gasteiger partial charge in [0.15, 0.2) is 11.5 Å². The normalized spacial score (nSPS) is 10.3. The van der Waals surface area contributed by atoms with Crippen molar-refractivity contribution in [1.82, 2.24) is 0 Å². The van der Waals surface area contributed by atoms with Crippen molar-refractivity contribution >= 4 is 17.3 Å². The third-order valence-corrected chi connectivity index (χ3v) is 3.71. The second-order valence-electron chi connectivity index (χ2n) is 6.09. The van der Waals surface area contributed by atoms with Crippen molar-refractivity contribution in [2.75, 3.05) is 18.5 Å². The molecular formula is C20H24N2O5. The van der Waals surface area contributed by atoms with Crippen LogP contribution in [0.15, 0.2) is 36.4 Å². The lowest BCUT2D eigenvalue weighted by Crippen LogP contribution is -2.14. The maximum atomic E-state index is 12.5. The van der Waals surface area contributed by atoms with Crippen LogP contribution < -0.4 is 14.8 Å². The van der Waals surface area contributed by atoms with Crippen molar-refractivity contribution in [3.05, 3.63) is 57.6 Å². The van der Waals surface area contributed by atoms with Gasteiger partial charge < -0.3 is 14.8 Å². The predicted octanol–water partition coefficient (Wildman–Crippen LogP) is 4.73. The first-order valence-corrected chi connectivity index (χ1v) is 8.92. The Morgan fingerprint density at radius 1 is 1.07 bits per heavy atom. The number of nitrogens with zero attached hydrogens (tertiary/aromatic N) is 1. The van der Waals surface area contributed by atoms with Gasteiger partial charge in [-0.25, -0.2) is 0 Å². The summed E-state index contributed by atoms with van der Waals surface area (Å²) in [5, 5.41) is 14.1. The molecule has 1 amide bonds. The van der Waals surface area contributed by atoms with Gasteiger partial charge in [-0.05, 0) is 31.9 Å².